The van der Waals surface area contributed by atoms with Gasteiger partial charge in [0.05, 0.1) is 13.2 Å². The molecule has 10 nitrogen and oxygen atoms in total. The number of ether oxygens (including phenoxy) is 4. The van der Waals surface area contributed by atoms with Gasteiger partial charge in [0.25, 0.3) is 0 Å². The molecule has 0 aromatic carbocycles. The first-order valence-corrected chi connectivity index (χ1v) is 29.8. The minimum atomic E-state index is -1.59. The molecule has 408 valence electrons. The van der Waals surface area contributed by atoms with Crippen molar-refractivity contribution >= 4 is 11.9 Å². The Morgan fingerprint density at radius 1 is 0.435 bits per heavy atom. The molecule has 0 bridgehead atoms. The van der Waals surface area contributed by atoms with E-state index in [1.165, 1.54) is 225 Å². The molecular formula is C59H112O10. The van der Waals surface area contributed by atoms with Gasteiger partial charge in [0.15, 0.2) is 12.4 Å². The highest BCUT2D eigenvalue weighted by Crippen LogP contribution is 2.23. The lowest BCUT2D eigenvalue weighted by Gasteiger charge is -2.39. The minimum Gasteiger partial charge on any atom is -0.462 e. The van der Waals surface area contributed by atoms with Crippen LogP contribution in [0.4, 0.5) is 0 Å². The maximum Gasteiger partial charge on any atom is 0.306 e. The zero-order valence-corrected chi connectivity index (χ0v) is 45.1. The fraction of sp³-hybridized carbons (Fsp3) is 0.932. The van der Waals surface area contributed by atoms with Crippen LogP contribution in [0.2, 0.25) is 0 Å². The van der Waals surface area contributed by atoms with E-state index in [2.05, 4.69) is 26.0 Å². The number of esters is 2. The third-order valence-corrected chi connectivity index (χ3v) is 14.2. The number of aliphatic hydroxyl groups is 4. The standard InChI is InChI=1S/C59H112O10/c1-3-5-7-9-11-13-15-17-19-21-23-25-26-28-30-32-34-36-38-40-42-44-46-48-55(62)68-52(51-67-59-58(65)57(64)56(63)53(49-60)69-59)50-66-54(61)47-45-43-41-39-37-35-33-31-29-27-24-22-20-18-16-14-12-10-8-6-4-2/h18,20,52-53,56-60,63-65H,3-17,19,21-51H2,1-2H3/b20-18+/t52-,53-,56+,57?,58?,59-/m1/s1. The van der Waals surface area contributed by atoms with Gasteiger partial charge in [-0.1, -0.05) is 257 Å². The fourth-order valence-electron chi connectivity index (χ4n) is 9.48. The van der Waals surface area contributed by atoms with E-state index in [4.69, 9.17) is 18.9 Å². The molecule has 1 saturated heterocycles. The summed E-state index contributed by atoms with van der Waals surface area (Å²) >= 11 is 0. The topological polar surface area (TPSA) is 152 Å². The summed E-state index contributed by atoms with van der Waals surface area (Å²) in [5, 5.41) is 40.3. The molecule has 0 saturated carbocycles. The van der Waals surface area contributed by atoms with Crippen molar-refractivity contribution < 1.29 is 49.0 Å². The second-order valence-electron chi connectivity index (χ2n) is 20.8. The summed E-state index contributed by atoms with van der Waals surface area (Å²) in [6, 6.07) is 0. The van der Waals surface area contributed by atoms with Gasteiger partial charge in [0.1, 0.15) is 31.0 Å². The summed E-state index contributed by atoms with van der Waals surface area (Å²) in [4.78, 5) is 25.6. The average Bonchev–Trinajstić information content (AvgIpc) is 3.35. The Morgan fingerprint density at radius 2 is 0.768 bits per heavy atom. The van der Waals surface area contributed by atoms with Gasteiger partial charge in [-0.05, 0) is 38.5 Å². The Hall–Kier alpha value is -1.56. The zero-order chi connectivity index (χ0) is 50.1. The molecule has 6 atom stereocenters. The molecule has 0 aromatic heterocycles. The van der Waals surface area contributed by atoms with Crippen molar-refractivity contribution in [3.8, 4) is 0 Å². The molecule has 1 fully saturated rings. The molecule has 1 rings (SSSR count). The first-order valence-electron chi connectivity index (χ1n) is 29.8. The van der Waals surface area contributed by atoms with Gasteiger partial charge in [-0.15, -0.1) is 0 Å². The molecule has 0 aliphatic carbocycles. The van der Waals surface area contributed by atoms with E-state index < -0.39 is 49.4 Å². The van der Waals surface area contributed by atoms with Crippen molar-refractivity contribution in [1.29, 1.82) is 0 Å². The fourth-order valence-corrected chi connectivity index (χ4v) is 9.48. The quantitative estimate of drug-likeness (QED) is 0.0263. The Balaban J connectivity index is 2.17. The van der Waals surface area contributed by atoms with E-state index in [9.17, 15) is 30.0 Å². The molecule has 0 radical (unpaired) electrons. The molecule has 1 aliphatic heterocycles. The third-order valence-electron chi connectivity index (χ3n) is 14.2. The molecule has 0 amide bonds. The summed E-state index contributed by atoms with van der Waals surface area (Å²) in [7, 11) is 0. The second-order valence-corrected chi connectivity index (χ2v) is 20.8. The van der Waals surface area contributed by atoms with E-state index in [0.717, 1.165) is 38.5 Å². The largest absolute Gasteiger partial charge is 0.462 e. The maximum absolute atomic E-state index is 12.9. The van der Waals surface area contributed by atoms with Crippen molar-refractivity contribution in [2.45, 2.75) is 333 Å². The van der Waals surface area contributed by atoms with Gasteiger partial charge in [-0.2, -0.15) is 0 Å². The summed E-state index contributed by atoms with van der Waals surface area (Å²) in [5.74, 6) is -0.786. The first-order chi connectivity index (χ1) is 33.8. The Kier molecular flexibility index (Phi) is 47.4. The molecule has 69 heavy (non-hydrogen) atoms. The summed E-state index contributed by atoms with van der Waals surface area (Å²) < 4.78 is 22.3. The molecular weight excluding hydrogens is 869 g/mol. The van der Waals surface area contributed by atoms with Crippen LogP contribution >= 0.6 is 0 Å². The number of hydrogen-bond acceptors (Lipinski definition) is 10. The van der Waals surface area contributed by atoms with Crippen LogP contribution in [0.15, 0.2) is 12.2 Å². The van der Waals surface area contributed by atoms with Crippen LogP contribution in [0.5, 0.6) is 0 Å². The predicted molar refractivity (Wildman–Crippen MR) is 284 cm³/mol. The van der Waals surface area contributed by atoms with Crippen molar-refractivity contribution in [1.82, 2.24) is 0 Å². The third kappa shape index (κ3) is 40.6. The predicted octanol–water partition coefficient (Wildman–Crippen LogP) is 15.0. The van der Waals surface area contributed by atoms with Gasteiger partial charge in [0.2, 0.25) is 0 Å². The number of hydrogen-bond donors (Lipinski definition) is 4. The van der Waals surface area contributed by atoms with E-state index in [1.54, 1.807) is 0 Å². The molecule has 1 aliphatic rings. The lowest BCUT2D eigenvalue weighted by atomic mass is 9.99. The summed E-state index contributed by atoms with van der Waals surface area (Å²) in [6.45, 7) is 3.49. The van der Waals surface area contributed by atoms with Crippen LogP contribution < -0.4 is 0 Å². The van der Waals surface area contributed by atoms with Crippen molar-refractivity contribution in [3.63, 3.8) is 0 Å². The smallest absolute Gasteiger partial charge is 0.306 e. The first kappa shape index (κ1) is 65.5. The average molecular weight is 982 g/mol. The Labute approximate surface area is 424 Å². The van der Waals surface area contributed by atoms with Gasteiger partial charge >= 0.3 is 11.9 Å². The zero-order valence-electron chi connectivity index (χ0n) is 45.1. The van der Waals surface area contributed by atoms with Crippen LogP contribution in [0, 0.1) is 0 Å². The second kappa shape index (κ2) is 50.0. The molecule has 2 unspecified atom stereocenters. The minimum absolute atomic E-state index is 0.211. The summed E-state index contributed by atoms with van der Waals surface area (Å²) in [6.07, 6.45) is 50.9. The van der Waals surface area contributed by atoms with Gasteiger partial charge in [0, 0.05) is 12.8 Å². The summed E-state index contributed by atoms with van der Waals surface area (Å²) in [5.41, 5.74) is 0. The molecule has 0 spiro atoms. The monoisotopic (exact) mass is 981 g/mol. The lowest BCUT2D eigenvalue weighted by molar-refractivity contribution is -0.305. The van der Waals surface area contributed by atoms with Crippen molar-refractivity contribution in [2.24, 2.45) is 0 Å². The maximum atomic E-state index is 12.9. The van der Waals surface area contributed by atoms with Crippen LogP contribution in [0.25, 0.3) is 0 Å². The van der Waals surface area contributed by atoms with Crippen LogP contribution in [-0.2, 0) is 28.5 Å². The number of rotatable bonds is 52. The van der Waals surface area contributed by atoms with Crippen molar-refractivity contribution in [2.75, 3.05) is 19.8 Å². The Morgan fingerprint density at radius 3 is 1.13 bits per heavy atom. The van der Waals surface area contributed by atoms with Crippen LogP contribution in [0.3, 0.4) is 0 Å². The molecule has 0 aromatic rings. The van der Waals surface area contributed by atoms with Gasteiger partial charge < -0.3 is 39.4 Å². The highest BCUT2D eigenvalue weighted by Gasteiger charge is 2.44. The highest BCUT2D eigenvalue weighted by molar-refractivity contribution is 5.70. The molecule has 4 N–H and O–H groups in total. The van der Waals surface area contributed by atoms with Crippen LogP contribution in [-0.4, -0.2) is 89.0 Å². The number of carbonyl (C=O) groups is 2. The number of unbranched alkanes of at least 4 members (excludes halogenated alkanes) is 39. The van der Waals surface area contributed by atoms with Crippen LogP contribution in [0.1, 0.15) is 296 Å². The van der Waals surface area contributed by atoms with Gasteiger partial charge in [-0.25, -0.2) is 0 Å². The van der Waals surface area contributed by atoms with E-state index in [0.29, 0.717) is 6.42 Å². The van der Waals surface area contributed by atoms with E-state index in [-0.39, 0.29) is 32.0 Å². The van der Waals surface area contributed by atoms with E-state index in [1.807, 2.05) is 0 Å². The molecule has 10 heteroatoms. The van der Waals surface area contributed by atoms with Gasteiger partial charge in [-0.3, -0.25) is 9.59 Å². The van der Waals surface area contributed by atoms with E-state index >= 15 is 0 Å². The Bertz CT molecular complexity index is 1130. The number of allylic oxidation sites excluding steroid dienone is 2. The number of aliphatic hydroxyl groups excluding tert-OH is 4. The number of carbonyl (C=O) groups excluding carboxylic acids is 2. The normalized spacial score (nSPS) is 18.8. The highest BCUT2D eigenvalue weighted by atomic mass is 16.7. The lowest BCUT2D eigenvalue weighted by Crippen LogP contribution is -2.59. The molecule has 1 heterocycles. The van der Waals surface area contributed by atoms with Crippen molar-refractivity contribution in [3.05, 3.63) is 12.2 Å². The SMILES string of the molecule is CCCCCCCC/C=C/CCCCCCCCCCCCCC(=O)OC[C@H](CO[C@@H]1O[C@H](CO)[C@H](O)C(O)C1O)OC(=O)CCCCCCCCCCCCCCCCCCCCCCCCC.